The Balaban J connectivity index is 3.02. The molecule has 0 saturated heterocycles. The zero-order chi connectivity index (χ0) is 11.5. The van der Waals surface area contributed by atoms with E-state index in [1.165, 1.54) is 6.07 Å². The van der Waals surface area contributed by atoms with Crippen molar-refractivity contribution in [3.8, 4) is 0 Å². The SMILES string of the molecule is C[C@@H](CN)NS(=O)(=O)c1ccccc1Br. The molecule has 0 aromatic heterocycles. The Hall–Kier alpha value is -0.430. The molecule has 0 aliphatic rings. The molecule has 15 heavy (non-hydrogen) atoms. The van der Waals surface area contributed by atoms with Gasteiger partial charge in [0.15, 0.2) is 0 Å². The van der Waals surface area contributed by atoms with Crippen LogP contribution in [0, 0.1) is 0 Å². The van der Waals surface area contributed by atoms with Crippen LogP contribution in [0.4, 0.5) is 0 Å². The van der Waals surface area contributed by atoms with Crippen LogP contribution in [0.1, 0.15) is 6.92 Å². The number of hydrogen-bond donors (Lipinski definition) is 2. The molecule has 0 saturated carbocycles. The van der Waals surface area contributed by atoms with Gasteiger partial charge in [0, 0.05) is 17.1 Å². The minimum Gasteiger partial charge on any atom is -0.329 e. The van der Waals surface area contributed by atoms with Gasteiger partial charge in [-0.1, -0.05) is 12.1 Å². The first-order valence-electron chi connectivity index (χ1n) is 4.44. The summed E-state index contributed by atoms with van der Waals surface area (Å²) in [5.74, 6) is 0. The van der Waals surface area contributed by atoms with Crippen LogP contribution in [0.5, 0.6) is 0 Å². The molecule has 3 N–H and O–H groups in total. The molecule has 0 fully saturated rings. The van der Waals surface area contributed by atoms with Crippen molar-refractivity contribution in [3.05, 3.63) is 28.7 Å². The number of nitrogens with one attached hydrogen (secondary N) is 1. The topological polar surface area (TPSA) is 72.2 Å². The van der Waals surface area contributed by atoms with Gasteiger partial charge in [-0.3, -0.25) is 0 Å². The van der Waals surface area contributed by atoms with Crippen molar-refractivity contribution in [1.29, 1.82) is 0 Å². The molecule has 1 aromatic carbocycles. The second kappa shape index (κ2) is 5.07. The minimum absolute atomic E-state index is 0.227. The second-order valence-corrected chi connectivity index (χ2v) is 5.73. The third-order valence-corrected chi connectivity index (χ3v) is 4.44. The highest BCUT2D eigenvalue weighted by atomic mass is 79.9. The fraction of sp³-hybridized carbons (Fsp3) is 0.333. The first-order valence-corrected chi connectivity index (χ1v) is 6.72. The van der Waals surface area contributed by atoms with Crippen LogP contribution in [0.2, 0.25) is 0 Å². The fourth-order valence-electron chi connectivity index (χ4n) is 1.04. The van der Waals surface area contributed by atoms with Gasteiger partial charge in [0.05, 0.1) is 4.90 Å². The molecule has 0 aliphatic carbocycles. The van der Waals surface area contributed by atoms with Crippen LogP contribution in [-0.4, -0.2) is 21.0 Å². The van der Waals surface area contributed by atoms with Crippen LogP contribution in [0.3, 0.4) is 0 Å². The quantitative estimate of drug-likeness (QED) is 0.872. The van der Waals surface area contributed by atoms with Gasteiger partial charge >= 0.3 is 0 Å². The maximum atomic E-state index is 11.8. The summed E-state index contributed by atoms with van der Waals surface area (Å²) in [7, 11) is -3.48. The van der Waals surface area contributed by atoms with Crippen LogP contribution in [-0.2, 0) is 10.0 Å². The molecule has 0 amide bonds. The van der Waals surface area contributed by atoms with Gasteiger partial charge in [-0.05, 0) is 35.0 Å². The summed E-state index contributed by atoms with van der Waals surface area (Å²) in [5.41, 5.74) is 5.36. The smallest absolute Gasteiger partial charge is 0.241 e. The summed E-state index contributed by atoms with van der Waals surface area (Å²) in [6.07, 6.45) is 0. The molecule has 6 heteroatoms. The maximum Gasteiger partial charge on any atom is 0.241 e. The average molecular weight is 293 g/mol. The lowest BCUT2D eigenvalue weighted by molar-refractivity contribution is 0.562. The molecule has 0 spiro atoms. The largest absolute Gasteiger partial charge is 0.329 e. The molecule has 0 bridgehead atoms. The van der Waals surface area contributed by atoms with Gasteiger partial charge in [0.25, 0.3) is 0 Å². The molecular formula is C9H13BrN2O2S. The van der Waals surface area contributed by atoms with E-state index < -0.39 is 10.0 Å². The number of halogens is 1. The van der Waals surface area contributed by atoms with E-state index in [4.69, 9.17) is 5.73 Å². The second-order valence-electron chi connectivity index (χ2n) is 3.19. The highest BCUT2D eigenvalue weighted by molar-refractivity contribution is 9.10. The first-order chi connectivity index (χ1) is 6.97. The zero-order valence-corrected chi connectivity index (χ0v) is 10.7. The van der Waals surface area contributed by atoms with Crippen molar-refractivity contribution in [3.63, 3.8) is 0 Å². The maximum absolute atomic E-state index is 11.8. The first kappa shape index (κ1) is 12.6. The van der Waals surface area contributed by atoms with E-state index >= 15 is 0 Å². The summed E-state index contributed by atoms with van der Waals surface area (Å²) in [5, 5.41) is 0. The highest BCUT2D eigenvalue weighted by Gasteiger charge is 2.18. The number of benzene rings is 1. The Morgan fingerprint density at radius 2 is 2.07 bits per heavy atom. The average Bonchev–Trinajstić information content (AvgIpc) is 2.17. The lowest BCUT2D eigenvalue weighted by Crippen LogP contribution is -2.37. The summed E-state index contributed by atoms with van der Waals surface area (Å²) >= 11 is 3.19. The predicted octanol–water partition coefficient (Wildman–Crippen LogP) is 1.07. The number of hydrogen-bond acceptors (Lipinski definition) is 3. The van der Waals surface area contributed by atoms with Gasteiger partial charge in [-0.15, -0.1) is 0 Å². The van der Waals surface area contributed by atoms with Crippen molar-refractivity contribution in [2.24, 2.45) is 5.73 Å². The molecular weight excluding hydrogens is 280 g/mol. The van der Waals surface area contributed by atoms with Crippen molar-refractivity contribution in [2.75, 3.05) is 6.54 Å². The van der Waals surface area contributed by atoms with Crippen molar-refractivity contribution in [1.82, 2.24) is 4.72 Å². The summed E-state index contributed by atoms with van der Waals surface area (Å²) in [6, 6.07) is 6.38. The number of nitrogens with two attached hydrogens (primary N) is 1. The molecule has 0 aliphatic heterocycles. The lowest BCUT2D eigenvalue weighted by atomic mass is 10.4. The van der Waals surface area contributed by atoms with Crippen LogP contribution >= 0.6 is 15.9 Å². The number of rotatable bonds is 4. The molecule has 1 rings (SSSR count). The normalized spacial score (nSPS) is 13.8. The molecule has 0 heterocycles. The van der Waals surface area contributed by atoms with Gasteiger partial charge in [0.1, 0.15) is 0 Å². The molecule has 0 radical (unpaired) electrons. The number of sulfonamides is 1. The lowest BCUT2D eigenvalue weighted by Gasteiger charge is -2.12. The highest BCUT2D eigenvalue weighted by Crippen LogP contribution is 2.20. The Labute approximate surface area is 98.0 Å². The van der Waals surface area contributed by atoms with E-state index in [1.54, 1.807) is 25.1 Å². The minimum atomic E-state index is -3.48. The summed E-state index contributed by atoms with van der Waals surface area (Å²) < 4.78 is 26.7. The van der Waals surface area contributed by atoms with E-state index in [9.17, 15) is 8.42 Å². The molecule has 84 valence electrons. The van der Waals surface area contributed by atoms with E-state index in [0.29, 0.717) is 4.47 Å². The molecule has 0 unspecified atom stereocenters. The standard InChI is InChI=1S/C9H13BrN2O2S/c1-7(6-11)12-15(13,14)9-5-3-2-4-8(9)10/h2-5,7,12H,6,11H2,1H3/t7-/m0/s1. The Kier molecular flexibility index (Phi) is 4.27. The van der Waals surface area contributed by atoms with Gasteiger partial charge in [0.2, 0.25) is 10.0 Å². The van der Waals surface area contributed by atoms with Gasteiger partial charge in [-0.25, -0.2) is 13.1 Å². The summed E-state index contributed by atoms with van der Waals surface area (Å²) in [4.78, 5) is 0.227. The van der Waals surface area contributed by atoms with E-state index in [-0.39, 0.29) is 17.5 Å². The van der Waals surface area contributed by atoms with E-state index in [1.807, 2.05) is 0 Å². The van der Waals surface area contributed by atoms with Crippen molar-refractivity contribution in [2.45, 2.75) is 17.9 Å². The summed E-state index contributed by atoms with van der Waals surface area (Å²) in [6.45, 7) is 1.98. The predicted molar refractivity (Wildman–Crippen MR) is 63.0 cm³/mol. The van der Waals surface area contributed by atoms with E-state index in [0.717, 1.165) is 0 Å². The Morgan fingerprint density at radius 1 is 1.47 bits per heavy atom. The van der Waals surface area contributed by atoms with Gasteiger partial charge in [-0.2, -0.15) is 0 Å². The Bertz CT molecular complexity index is 433. The third-order valence-electron chi connectivity index (χ3n) is 1.84. The fourth-order valence-corrected chi connectivity index (χ4v) is 3.30. The van der Waals surface area contributed by atoms with Crippen LogP contribution in [0.15, 0.2) is 33.6 Å². The monoisotopic (exact) mass is 292 g/mol. The van der Waals surface area contributed by atoms with Crippen LogP contribution < -0.4 is 10.5 Å². The van der Waals surface area contributed by atoms with Crippen LogP contribution in [0.25, 0.3) is 0 Å². The molecule has 1 aromatic rings. The van der Waals surface area contributed by atoms with Crippen molar-refractivity contribution < 1.29 is 8.42 Å². The van der Waals surface area contributed by atoms with Gasteiger partial charge < -0.3 is 5.73 Å². The third kappa shape index (κ3) is 3.27. The Morgan fingerprint density at radius 3 is 2.60 bits per heavy atom. The molecule has 4 nitrogen and oxygen atoms in total. The molecule has 1 atom stereocenters. The zero-order valence-electron chi connectivity index (χ0n) is 8.27. The van der Waals surface area contributed by atoms with E-state index in [2.05, 4.69) is 20.7 Å². The van der Waals surface area contributed by atoms with Crippen molar-refractivity contribution >= 4 is 26.0 Å².